The third-order valence-electron chi connectivity index (χ3n) is 4.45. The predicted octanol–water partition coefficient (Wildman–Crippen LogP) is 4.26. The molecule has 2 aromatic rings. The van der Waals surface area contributed by atoms with E-state index in [2.05, 4.69) is 5.32 Å². The average Bonchev–Trinajstić information content (AvgIpc) is 3.31. The van der Waals surface area contributed by atoms with Crippen molar-refractivity contribution in [1.82, 2.24) is 5.32 Å². The first-order valence-corrected chi connectivity index (χ1v) is 8.91. The number of aromatic carboxylic acids is 1. The van der Waals surface area contributed by atoms with Crippen molar-refractivity contribution in [2.45, 2.75) is 31.7 Å². The van der Waals surface area contributed by atoms with Crippen molar-refractivity contribution >= 4 is 29.6 Å². The molecule has 0 spiro atoms. The summed E-state index contributed by atoms with van der Waals surface area (Å²) >= 11 is 5.98. The molecule has 1 heterocycles. The summed E-state index contributed by atoms with van der Waals surface area (Å²) in [5, 5.41) is 21.3. The molecule has 1 aromatic heterocycles. The fraction of sp³-hybridized carbons (Fsp3) is 0.250. The van der Waals surface area contributed by atoms with Gasteiger partial charge in [-0.2, -0.15) is 5.26 Å². The standard InChI is InChI=1S/C20H17ClN2O4/c21-17-10-12(5-7-16(17)20(25)26)18-8-6-15(27-18)9-13(11-22)19(24)23-14-3-1-2-4-14/h5-10,14H,1-4H2,(H,23,24)(H,25,26)/b13-9+. The number of furan rings is 1. The largest absolute Gasteiger partial charge is 0.478 e. The van der Waals surface area contributed by atoms with Crippen molar-refractivity contribution in [3.63, 3.8) is 0 Å². The Kier molecular flexibility index (Phi) is 5.63. The van der Waals surface area contributed by atoms with Crippen molar-refractivity contribution in [1.29, 1.82) is 5.26 Å². The highest BCUT2D eigenvalue weighted by atomic mass is 35.5. The zero-order valence-corrected chi connectivity index (χ0v) is 15.1. The lowest BCUT2D eigenvalue weighted by Crippen LogP contribution is -2.33. The number of amides is 1. The topological polar surface area (TPSA) is 103 Å². The molecule has 1 amide bonds. The van der Waals surface area contributed by atoms with Crippen LogP contribution in [-0.4, -0.2) is 23.0 Å². The van der Waals surface area contributed by atoms with Gasteiger partial charge < -0.3 is 14.8 Å². The number of hydrogen-bond acceptors (Lipinski definition) is 4. The smallest absolute Gasteiger partial charge is 0.337 e. The van der Waals surface area contributed by atoms with Crippen LogP contribution in [-0.2, 0) is 4.79 Å². The van der Waals surface area contributed by atoms with E-state index in [0.29, 0.717) is 17.1 Å². The molecule has 3 rings (SSSR count). The van der Waals surface area contributed by atoms with E-state index >= 15 is 0 Å². The first-order chi connectivity index (χ1) is 13.0. The minimum Gasteiger partial charge on any atom is -0.478 e. The zero-order valence-electron chi connectivity index (χ0n) is 14.4. The number of carbonyl (C=O) groups excluding carboxylic acids is 1. The van der Waals surface area contributed by atoms with E-state index in [1.807, 2.05) is 6.07 Å². The van der Waals surface area contributed by atoms with Crippen LogP contribution in [0.4, 0.5) is 0 Å². The molecule has 1 aliphatic rings. The van der Waals surface area contributed by atoms with Crippen molar-refractivity contribution < 1.29 is 19.1 Å². The van der Waals surface area contributed by atoms with Gasteiger partial charge in [-0.3, -0.25) is 4.79 Å². The maximum atomic E-state index is 12.2. The molecule has 0 unspecified atom stereocenters. The summed E-state index contributed by atoms with van der Waals surface area (Å²) in [6.07, 6.45) is 5.43. The van der Waals surface area contributed by atoms with E-state index in [1.54, 1.807) is 18.2 Å². The Morgan fingerprint density at radius 1 is 1.26 bits per heavy atom. The maximum absolute atomic E-state index is 12.2. The van der Waals surface area contributed by atoms with Crippen LogP contribution in [0, 0.1) is 11.3 Å². The van der Waals surface area contributed by atoms with Gasteiger partial charge in [-0.25, -0.2) is 4.79 Å². The molecule has 0 radical (unpaired) electrons. The molecule has 2 N–H and O–H groups in total. The van der Waals surface area contributed by atoms with Crippen molar-refractivity contribution in [3.05, 3.63) is 52.3 Å². The van der Waals surface area contributed by atoms with Crippen LogP contribution in [0.3, 0.4) is 0 Å². The number of benzene rings is 1. The maximum Gasteiger partial charge on any atom is 0.337 e. The Balaban J connectivity index is 1.78. The van der Waals surface area contributed by atoms with E-state index in [1.165, 1.54) is 18.2 Å². The fourth-order valence-corrected chi connectivity index (χ4v) is 3.31. The number of carbonyl (C=O) groups is 2. The van der Waals surface area contributed by atoms with Crippen molar-refractivity contribution in [2.75, 3.05) is 0 Å². The highest BCUT2D eigenvalue weighted by Gasteiger charge is 2.19. The molecule has 6 nitrogen and oxygen atoms in total. The predicted molar refractivity (Wildman–Crippen MR) is 100 cm³/mol. The van der Waals surface area contributed by atoms with Gasteiger partial charge in [0, 0.05) is 17.7 Å². The lowest BCUT2D eigenvalue weighted by atomic mass is 10.1. The van der Waals surface area contributed by atoms with Crippen LogP contribution in [0.5, 0.6) is 0 Å². The van der Waals surface area contributed by atoms with Gasteiger partial charge in [0.2, 0.25) is 0 Å². The normalized spacial score (nSPS) is 14.7. The fourth-order valence-electron chi connectivity index (χ4n) is 3.05. The summed E-state index contributed by atoms with van der Waals surface area (Å²) in [6.45, 7) is 0. The Morgan fingerprint density at radius 2 is 2.00 bits per heavy atom. The second-order valence-electron chi connectivity index (χ2n) is 6.33. The first kappa shape index (κ1) is 18.7. The van der Waals surface area contributed by atoms with Gasteiger partial charge >= 0.3 is 5.97 Å². The van der Waals surface area contributed by atoms with E-state index in [0.717, 1.165) is 25.7 Å². The van der Waals surface area contributed by atoms with Gasteiger partial charge in [-0.05, 0) is 37.1 Å². The Labute approximate surface area is 161 Å². The minimum atomic E-state index is -1.11. The lowest BCUT2D eigenvalue weighted by Gasteiger charge is -2.10. The molecule has 27 heavy (non-hydrogen) atoms. The number of carboxylic acids is 1. The molecule has 1 fully saturated rings. The van der Waals surface area contributed by atoms with Crippen LogP contribution in [0.25, 0.3) is 17.4 Å². The van der Waals surface area contributed by atoms with Crippen LogP contribution in [0.15, 0.2) is 40.3 Å². The van der Waals surface area contributed by atoms with Gasteiger partial charge in [0.1, 0.15) is 23.2 Å². The van der Waals surface area contributed by atoms with Gasteiger partial charge in [-0.1, -0.05) is 30.5 Å². The first-order valence-electron chi connectivity index (χ1n) is 8.53. The number of rotatable bonds is 5. The summed E-state index contributed by atoms with van der Waals surface area (Å²) in [6, 6.07) is 9.80. The molecule has 0 atom stereocenters. The Morgan fingerprint density at radius 3 is 2.63 bits per heavy atom. The number of nitrogens with zero attached hydrogens (tertiary/aromatic N) is 1. The number of nitriles is 1. The van der Waals surface area contributed by atoms with Gasteiger partial charge in [0.05, 0.1) is 10.6 Å². The molecule has 0 bridgehead atoms. The van der Waals surface area contributed by atoms with E-state index < -0.39 is 11.9 Å². The van der Waals surface area contributed by atoms with E-state index in [-0.39, 0.29) is 22.2 Å². The average molecular weight is 385 g/mol. The monoisotopic (exact) mass is 384 g/mol. The van der Waals surface area contributed by atoms with E-state index in [9.17, 15) is 14.9 Å². The Bertz CT molecular complexity index is 949. The molecule has 1 aromatic carbocycles. The second kappa shape index (κ2) is 8.11. The molecular formula is C20H17ClN2O4. The summed E-state index contributed by atoms with van der Waals surface area (Å²) in [4.78, 5) is 23.3. The second-order valence-corrected chi connectivity index (χ2v) is 6.73. The highest BCUT2D eigenvalue weighted by Crippen LogP contribution is 2.28. The summed E-state index contributed by atoms with van der Waals surface area (Å²) in [5.74, 6) is -0.715. The van der Waals surface area contributed by atoms with Gasteiger partial charge in [-0.15, -0.1) is 0 Å². The minimum absolute atomic E-state index is 0.00226. The quantitative estimate of drug-likeness (QED) is 0.592. The van der Waals surface area contributed by atoms with Gasteiger partial charge in [0.15, 0.2) is 0 Å². The third-order valence-corrected chi connectivity index (χ3v) is 4.77. The lowest BCUT2D eigenvalue weighted by molar-refractivity contribution is -0.117. The number of hydrogen-bond donors (Lipinski definition) is 2. The molecule has 1 aliphatic carbocycles. The number of halogens is 1. The zero-order chi connectivity index (χ0) is 19.4. The van der Waals surface area contributed by atoms with Crippen LogP contribution < -0.4 is 5.32 Å². The van der Waals surface area contributed by atoms with E-state index in [4.69, 9.17) is 21.1 Å². The van der Waals surface area contributed by atoms with Crippen molar-refractivity contribution in [3.8, 4) is 17.4 Å². The number of nitrogens with one attached hydrogen (secondary N) is 1. The SMILES string of the molecule is N#C/C(=C\c1ccc(-c2ccc(C(=O)O)c(Cl)c2)o1)C(=O)NC1CCCC1. The summed E-state index contributed by atoms with van der Waals surface area (Å²) in [7, 11) is 0. The molecule has 1 saturated carbocycles. The van der Waals surface area contributed by atoms with Crippen LogP contribution in [0.2, 0.25) is 5.02 Å². The highest BCUT2D eigenvalue weighted by molar-refractivity contribution is 6.33. The molecular weight excluding hydrogens is 368 g/mol. The van der Waals surface area contributed by atoms with Crippen molar-refractivity contribution in [2.24, 2.45) is 0 Å². The van der Waals surface area contributed by atoms with Crippen LogP contribution in [0.1, 0.15) is 41.8 Å². The third kappa shape index (κ3) is 4.39. The number of carboxylic acid groups (broad SMARTS) is 1. The van der Waals surface area contributed by atoms with Crippen LogP contribution >= 0.6 is 11.6 Å². The summed E-state index contributed by atoms with van der Waals surface area (Å²) in [5.41, 5.74) is 0.572. The molecule has 138 valence electrons. The molecule has 0 saturated heterocycles. The molecule has 7 heteroatoms. The molecule has 0 aliphatic heterocycles. The van der Waals surface area contributed by atoms with Gasteiger partial charge in [0.25, 0.3) is 5.91 Å². The summed E-state index contributed by atoms with van der Waals surface area (Å²) < 4.78 is 5.66. The Hall–Kier alpha value is -3.04.